The number of piperidine rings is 1. The van der Waals surface area contributed by atoms with E-state index in [1.807, 2.05) is 30.0 Å². The third-order valence-electron chi connectivity index (χ3n) is 23.5. The Bertz CT molecular complexity index is 6750. The number of hydrogen-bond donors (Lipinski definition) is 4. The van der Waals surface area contributed by atoms with Crippen LogP contribution in [0, 0.1) is 5.82 Å². The molecular formula is C93H106F7N17O16S7. The Morgan fingerprint density at radius 2 is 0.907 bits per heavy atom. The summed E-state index contributed by atoms with van der Waals surface area (Å²) >= 11 is 3.58. The van der Waals surface area contributed by atoms with Crippen molar-refractivity contribution in [1.29, 1.82) is 0 Å². The lowest BCUT2D eigenvalue weighted by Gasteiger charge is -2.38. The molecule has 4 amide bonds. The molecule has 6 saturated heterocycles. The maximum atomic E-state index is 13.5. The molecule has 2 unspecified atom stereocenters. The Labute approximate surface area is 823 Å². The normalized spacial score (nSPS) is 17.7. The minimum absolute atomic E-state index is 0. The summed E-state index contributed by atoms with van der Waals surface area (Å²) in [7, 11) is -15.1. The summed E-state index contributed by atoms with van der Waals surface area (Å²) in [6, 6.07) is 50.3. The molecule has 47 heteroatoms. The predicted molar refractivity (Wildman–Crippen MR) is 528 cm³/mol. The van der Waals surface area contributed by atoms with E-state index in [1.165, 1.54) is 151 Å². The number of nitrogens with zero attached hydrogens (tertiary/aromatic N) is 13. The third-order valence-corrected chi connectivity index (χ3v) is 31.4. The van der Waals surface area contributed by atoms with E-state index < -0.39 is 76.2 Å². The molecule has 4 N–H and O–H groups in total. The second-order valence-corrected chi connectivity index (χ2v) is 41.8. The molecule has 18 rings (SSSR count). The second kappa shape index (κ2) is 44.5. The van der Waals surface area contributed by atoms with Crippen LogP contribution < -0.4 is 62.3 Å². The van der Waals surface area contributed by atoms with Crippen molar-refractivity contribution in [3.8, 4) is 23.0 Å². The first-order valence-corrected chi connectivity index (χ1v) is 52.6. The third kappa shape index (κ3) is 25.9. The Balaban J connectivity index is 0.000000214. The molecule has 750 valence electrons. The molecule has 0 aliphatic carbocycles. The molecule has 6 aliphatic heterocycles. The van der Waals surface area contributed by atoms with E-state index in [-0.39, 0.29) is 92.3 Å². The van der Waals surface area contributed by atoms with Crippen LogP contribution >= 0.6 is 34.0 Å². The van der Waals surface area contributed by atoms with Crippen LogP contribution in [0.5, 0.6) is 23.0 Å². The molecule has 12 aromatic rings. The first-order valence-electron chi connectivity index (χ1n) is 44.0. The van der Waals surface area contributed by atoms with E-state index >= 15 is 0 Å². The highest BCUT2D eigenvalue weighted by Crippen LogP contribution is 2.39. The number of halogens is 7. The van der Waals surface area contributed by atoms with Gasteiger partial charge in [-0.05, 0) is 222 Å². The Hall–Kier alpha value is -13.2. The van der Waals surface area contributed by atoms with Crippen LogP contribution in [0.4, 0.5) is 80.4 Å². The van der Waals surface area contributed by atoms with Crippen molar-refractivity contribution in [1.82, 2.24) is 39.6 Å². The van der Waals surface area contributed by atoms with Gasteiger partial charge in [-0.15, -0.1) is 47.2 Å². The van der Waals surface area contributed by atoms with Crippen molar-refractivity contribution in [2.75, 3.05) is 135 Å². The number of sulfonamides is 4. The van der Waals surface area contributed by atoms with Gasteiger partial charge in [-0.1, -0.05) is 36.4 Å². The van der Waals surface area contributed by atoms with Crippen LogP contribution in [0.3, 0.4) is 0 Å². The van der Waals surface area contributed by atoms with Crippen LogP contribution in [-0.4, -0.2) is 219 Å². The number of hydrogen-bond acceptors (Lipinski definition) is 28. The Morgan fingerprint density at radius 3 is 1.37 bits per heavy atom. The van der Waals surface area contributed by atoms with Crippen LogP contribution in [0.25, 0.3) is 0 Å². The minimum atomic E-state index is -4.83. The summed E-state index contributed by atoms with van der Waals surface area (Å²) < 4.78 is 220. The van der Waals surface area contributed by atoms with Crippen molar-refractivity contribution < 1.29 is 111 Å². The zero-order chi connectivity index (χ0) is 99.1. The number of amides is 4. The lowest BCUT2D eigenvalue weighted by atomic mass is 9.88. The largest absolute Gasteiger partial charge is 0.573 e. The number of carbonyl (C=O) groups is 4. The monoisotopic (exact) mass is 2070 g/mol. The maximum absolute atomic E-state index is 13.5. The van der Waals surface area contributed by atoms with Gasteiger partial charge in [0.05, 0.1) is 43.8 Å². The van der Waals surface area contributed by atoms with Crippen molar-refractivity contribution in [3.05, 3.63) is 264 Å². The summed E-state index contributed by atoms with van der Waals surface area (Å²) in [5, 5.41) is 5.94. The summed E-state index contributed by atoms with van der Waals surface area (Å²) in [6.07, 6.45) is -0.0549. The van der Waals surface area contributed by atoms with Crippen LogP contribution in [0.1, 0.15) is 71.6 Å². The maximum Gasteiger partial charge on any atom is 0.573 e. The lowest BCUT2D eigenvalue weighted by Crippen LogP contribution is -2.52. The number of nitrogens with one attached hydrogen (secondary N) is 4. The highest BCUT2D eigenvalue weighted by atomic mass is 32.2. The summed E-state index contributed by atoms with van der Waals surface area (Å²) in [4.78, 5) is 87.0. The average molecular weight is 2080 g/mol. The fraction of sp³-hybridized carbons (Fsp3) is 0.301. The number of thiazole rings is 3. The fourth-order valence-electron chi connectivity index (χ4n) is 16.6. The molecule has 0 spiro atoms. The number of ether oxygens (including phenoxy) is 4. The molecular weight excluding hydrogens is 1970 g/mol. The quantitative estimate of drug-likeness (QED) is 0.0331. The van der Waals surface area contributed by atoms with Crippen LogP contribution in [0.15, 0.2) is 267 Å². The number of benzene rings is 8. The molecule has 8 aromatic carbocycles. The highest BCUT2D eigenvalue weighted by molar-refractivity contribution is 7.93. The van der Waals surface area contributed by atoms with Gasteiger partial charge < -0.3 is 48.3 Å². The SMILES string of the molecule is CC(Oc1cccc(OC(F)(F)F)c1)C(=O)N1CCN(c2ccc(S(=O)(=O)Nc3ccncn3)cc2)CC1.CCOc1ccccc1OC1CCN(c2ccc(S(=O)(=O)Nc3nccs3)cc2)C1=O.O=C1[C@@H](N2CCC(c3ccc(C(F)(F)F)cc3)CC2)CCN1c1ccc(S(=O)(=O)Nc2nccs2)cc1.O=C1[C@@H](N2CCN(c3cccc(F)c3)CC2)CCN1c1ccc(S(=O)(=O)Nc2nccs2)cc1.[HH].[HH].[HH].[HH].[HH].[HH]. The van der Waals surface area contributed by atoms with E-state index in [2.05, 4.69) is 63.2 Å². The molecule has 6 aliphatic rings. The predicted octanol–water partition coefficient (Wildman–Crippen LogP) is 16.3. The molecule has 33 nitrogen and oxygen atoms in total. The number of piperazine rings is 2. The standard InChI is InChI=1S/C25H25F3N4O3S2.C24H24F3N5O5S.C23H24FN5O3S2.C21H21N3O5S2.6H2/c26-25(27,28)19-3-1-17(2-4-19)18-9-13-31(14-10-18)22-11-15-32(23(22)33)20-5-7-21(8-6-20)37(34,35)30-24-29-12-16-36-24;1-17(36-19-3-2-4-20(15-19)37-24(25,26)27)23(33)32-13-11-31(12-14-32)18-5-7-21(8-6-18)38(34,35)30-22-9-10-28-16-29-22;24-17-2-1-3-19(16-17)27-11-13-28(14-12-27)21-8-10-29(22(21)30)18-4-6-20(7-5-18)34(31,32)26-23-25-9-15-33-23;1-2-28-17-5-3-4-6-18(17)29-19-11-13-24(20(19)25)15-7-9-16(10-8-15)31(26,27)23-21-22-12-14-30-21;;;;;;/h1-8,12,16,18,22H,9-11,13-15H2,(H,29,30);2-10,15-17H,11-14H2,1H3,(H,28,29,30);1-7,9,15-16,21H,8,10-14H2,(H,25,26);3-10,12,14,19H,2,11,13H2,1H3,(H,22,23);6*1H/t22-;;21-;;;;;;;/m0.0......./s1. The summed E-state index contributed by atoms with van der Waals surface area (Å²) in [6.45, 7) is 11.6. The van der Waals surface area contributed by atoms with Gasteiger partial charge in [0.25, 0.3) is 51.9 Å². The number of likely N-dealkylation sites (tertiary alicyclic amines) is 1. The zero-order valence-electron chi connectivity index (χ0n) is 74.8. The first kappa shape index (κ1) is 101. The number of alkyl halides is 6. The minimum Gasteiger partial charge on any atom is -0.490 e. The van der Waals surface area contributed by atoms with Gasteiger partial charge in [0.15, 0.2) is 39.1 Å². The zero-order valence-corrected chi connectivity index (χ0v) is 80.6. The van der Waals surface area contributed by atoms with Gasteiger partial charge in [0.2, 0.25) is 11.8 Å². The van der Waals surface area contributed by atoms with Gasteiger partial charge in [-0.3, -0.25) is 47.9 Å². The molecule has 0 saturated carbocycles. The summed E-state index contributed by atoms with van der Waals surface area (Å²) in [5.41, 5.74) is 3.84. The van der Waals surface area contributed by atoms with Crippen LogP contribution in [-0.2, 0) is 65.4 Å². The molecule has 0 bridgehead atoms. The van der Waals surface area contributed by atoms with Crippen LogP contribution in [0.2, 0.25) is 0 Å². The Kier molecular flexibility index (Phi) is 32.2. The lowest BCUT2D eigenvalue weighted by molar-refractivity contribution is -0.274. The number of rotatable bonds is 28. The van der Waals surface area contributed by atoms with Crippen molar-refractivity contribution in [2.45, 2.75) is 108 Å². The number of carbonyl (C=O) groups excluding carboxylic acids is 4. The molecule has 0 radical (unpaired) electrons. The van der Waals surface area contributed by atoms with Gasteiger partial charge in [-0.2, -0.15) is 13.2 Å². The van der Waals surface area contributed by atoms with Gasteiger partial charge in [-0.25, -0.2) is 63.0 Å². The summed E-state index contributed by atoms with van der Waals surface area (Å²) in [5.74, 6) is 0.357. The fourth-order valence-corrected chi connectivity index (χ4v) is 22.9. The van der Waals surface area contributed by atoms with E-state index in [0.717, 1.165) is 80.2 Å². The number of aromatic nitrogens is 5. The molecule has 4 aromatic heterocycles. The Morgan fingerprint density at radius 1 is 0.457 bits per heavy atom. The van der Waals surface area contributed by atoms with Gasteiger partial charge in [0, 0.05) is 162 Å². The first-order chi connectivity index (χ1) is 67.0. The van der Waals surface area contributed by atoms with Crippen molar-refractivity contribution in [2.24, 2.45) is 0 Å². The van der Waals surface area contributed by atoms with Crippen molar-refractivity contribution in [3.63, 3.8) is 0 Å². The smallest absolute Gasteiger partial charge is 0.490 e. The van der Waals surface area contributed by atoms with E-state index in [0.29, 0.717) is 124 Å². The highest BCUT2D eigenvalue weighted by Gasteiger charge is 2.42. The van der Waals surface area contributed by atoms with Gasteiger partial charge >= 0.3 is 12.5 Å². The molecule has 140 heavy (non-hydrogen) atoms. The number of anilines is 9. The van der Waals surface area contributed by atoms with E-state index in [4.69, 9.17) is 14.2 Å². The molecule has 4 atom stereocenters. The topological polar surface area (TPSA) is 380 Å². The average Bonchev–Trinajstić information content (AvgIpc) is 1.63. The van der Waals surface area contributed by atoms with E-state index in [9.17, 15) is 83.6 Å². The van der Waals surface area contributed by atoms with Gasteiger partial charge in [0.1, 0.15) is 29.5 Å². The second-order valence-electron chi connectivity index (χ2n) is 32.4. The number of para-hydroxylation sites is 2. The van der Waals surface area contributed by atoms with E-state index in [1.54, 1.807) is 115 Å². The van der Waals surface area contributed by atoms with Crippen molar-refractivity contribution >= 4 is 147 Å². The molecule has 6 fully saturated rings. The molecule has 10 heterocycles.